The van der Waals surface area contributed by atoms with Gasteiger partial charge in [-0.1, -0.05) is 0 Å². The minimum atomic E-state index is -3.78. The van der Waals surface area contributed by atoms with Crippen LogP contribution in [0.2, 0.25) is 0 Å². The molecule has 3 aromatic rings. The van der Waals surface area contributed by atoms with E-state index in [2.05, 4.69) is 25.9 Å². The predicted octanol–water partition coefficient (Wildman–Crippen LogP) is 1.70. The summed E-state index contributed by atoms with van der Waals surface area (Å²) in [6, 6.07) is 13.9. The van der Waals surface area contributed by atoms with Gasteiger partial charge in [-0.25, -0.2) is 18.4 Å². The normalized spacial score (nSPS) is 15.8. The molecule has 2 aliphatic rings. The minimum Gasteiger partial charge on any atom is -0.338 e. The highest BCUT2D eigenvalue weighted by Gasteiger charge is 2.29. The Morgan fingerprint density at radius 2 is 1.62 bits per heavy atom. The molecule has 1 fully saturated rings. The first kappa shape index (κ1) is 26.7. The first-order valence-electron chi connectivity index (χ1n) is 12.3. The van der Waals surface area contributed by atoms with Crippen molar-refractivity contribution in [3.05, 3.63) is 65.5 Å². The van der Waals surface area contributed by atoms with Crippen LogP contribution in [0.15, 0.2) is 53.4 Å². The number of carbonyl (C=O) groups is 3. The molecule has 0 saturated carbocycles. The predicted molar refractivity (Wildman–Crippen MR) is 145 cm³/mol. The van der Waals surface area contributed by atoms with Gasteiger partial charge in [0.1, 0.15) is 18.2 Å². The first-order valence-corrected chi connectivity index (χ1v) is 13.7. The molecule has 3 N–H and O–H groups in total. The lowest BCUT2D eigenvalue weighted by Crippen LogP contribution is -2.49. The Morgan fingerprint density at radius 3 is 2.30 bits per heavy atom. The van der Waals surface area contributed by atoms with Gasteiger partial charge >= 0.3 is 0 Å². The van der Waals surface area contributed by atoms with E-state index < -0.39 is 27.7 Å². The summed E-state index contributed by atoms with van der Waals surface area (Å²) >= 11 is 0. The number of nitriles is 1. The van der Waals surface area contributed by atoms with Crippen LogP contribution in [0.1, 0.15) is 28.2 Å². The van der Waals surface area contributed by atoms with E-state index in [0.29, 0.717) is 41.8 Å². The zero-order valence-corrected chi connectivity index (χ0v) is 22.2. The van der Waals surface area contributed by atoms with Gasteiger partial charge in [0.15, 0.2) is 0 Å². The second-order valence-electron chi connectivity index (χ2n) is 9.21. The van der Waals surface area contributed by atoms with Gasteiger partial charge in [-0.15, -0.1) is 0 Å². The number of sulfonamides is 1. The van der Waals surface area contributed by atoms with Gasteiger partial charge in [-0.05, 0) is 55.5 Å². The molecule has 2 aromatic carbocycles. The molecule has 1 aromatic heterocycles. The molecule has 1 saturated heterocycles. The van der Waals surface area contributed by atoms with Gasteiger partial charge in [0.25, 0.3) is 5.91 Å². The first-order chi connectivity index (χ1) is 19.1. The molecule has 13 nitrogen and oxygen atoms in total. The molecule has 0 atom stereocenters. The number of hydrogen-bond donors (Lipinski definition) is 3. The van der Waals surface area contributed by atoms with E-state index in [0.717, 1.165) is 0 Å². The maximum Gasteiger partial charge on any atom is 0.255 e. The number of hydrogen-bond acceptors (Lipinski definition) is 9. The van der Waals surface area contributed by atoms with E-state index >= 15 is 0 Å². The van der Waals surface area contributed by atoms with E-state index in [-0.39, 0.29) is 35.7 Å². The second-order valence-corrected chi connectivity index (χ2v) is 11.1. The van der Waals surface area contributed by atoms with Crippen LogP contribution in [0, 0.1) is 18.3 Å². The number of nitrogens with one attached hydrogen (secondary N) is 3. The molecule has 204 valence electrons. The molecule has 0 unspecified atom stereocenters. The van der Waals surface area contributed by atoms with Crippen LogP contribution < -0.4 is 20.9 Å². The molecule has 40 heavy (non-hydrogen) atoms. The number of benzene rings is 2. The minimum absolute atomic E-state index is 0.0843. The van der Waals surface area contributed by atoms with Gasteiger partial charge in [0.05, 0.1) is 16.3 Å². The Kier molecular flexibility index (Phi) is 7.16. The highest BCUT2D eigenvalue weighted by molar-refractivity contribution is 7.89. The number of aryl methyl sites for hydroxylation is 1. The van der Waals surface area contributed by atoms with Crippen molar-refractivity contribution in [1.82, 2.24) is 14.3 Å². The fourth-order valence-electron chi connectivity index (χ4n) is 4.38. The number of nitrogens with zero attached hydrogens (tertiary/aromatic N) is 5. The maximum atomic E-state index is 13.2. The summed E-state index contributed by atoms with van der Waals surface area (Å²) in [6.07, 6.45) is -0.314. The van der Waals surface area contributed by atoms with Crippen molar-refractivity contribution >= 4 is 50.8 Å². The molecule has 0 spiro atoms. The van der Waals surface area contributed by atoms with Crippen LogP contribution in [0.3, 0.4) is 0 Å². The Labute approximate surface area is 229 Å². The van der Waals surface area contributed by atoms with Crippen LogP contribution in [0.4, 0.5) is 23.0 Å². The molecule has 3 amide bonds. The third-order valence-corrected chi connectivity index (χ3v) is 8.29. The number of rotatable bonds is 5. The summed E-state index contributed by atoms with van der Waals surface area (Å²) < 4.78 is 27.8. The molecular formula is C26H24N8O5S. The Balaban J connectivity index is 1.23. The fourth-order valence-corrected chi connectivity index (χ4v) is 5.80. The second kappa shape index (κ2) is 10.7. The van der Waals surface area contributed by atoms with E-state index in [1.807, 2.05) is 11.0 Å². The highest BCUT2D eigenvalue weighted by Crippen LogP contribution is 2.27. The molecule has 0 radical (unpaired) electrons. The Bertz CT molecular complexity index is 1660. The lowest BCUT2D eigenvalue weighted by molar-refractivity contribution is -0.123. The molecule has 5 rings (SSSR count). The monoisotopic (exact) mass is 560 g/mol. The van der Waals surface area contributed by atoms with Crippen molar-refractivity contribution in [3.63, 3.8) is 0 Å². The molecule has 14 heteroatoms. The number of aromatic nitrogens is 2. The van der Waals surface area contributed by atoms with Crippen LogP contribution >= 0.6 is 0 Å². The lowest BCUT2D eigenvalue weighted by atomic mass is 10.1. The van der Waals surface area contributed by atoms with Gasteiger partial charge < -0.3 is 20.9 Å². The lowest BCUT2D eigenvalue weighted by Gasteiger charge is -2.34. The highest BCUT2D eigenvalue weighted by atomic mass is 32.2. The zero-order valence-electron chi connectivity index (χ0n) is 21.3. The summed E-state index contributed by atoms with van der Waals surface area (Å²) in [6.45, 7) is 2.94. The standard InChI is InChI=1S/C26H24N8O5S/c1-16-12-19(15-27)30-26(28-16)33-8-10-34(11-9-33)40(38,39)20-5-3-18(4-6-20)29-25(37)17-2-7-21-22(13-17)32-24(36)14-23(35)31-21/h2-7,12-13H,8-11,14H2,1H3,(H,29,37)(H,31,35)(H,32,36). The number of anilines is 4. The Hall–Kier alpha value is -4.87. The van der Waals surface area contributed by atoms with Crippen molar-refractivity contribution < 1.29 is 22.8 Å². The number of carbonyl (C=O) groups excluding carboxylic acids is 3. The van der Waals surface area contributed by atoms with E-state index in [1.165, 1.54) is 46.8 Å². The largest absolute Gasteiger partial charge is 0.338 e. The van der Waals surface area contributed by atoms with E-state index in [4.69, 9.17) is 5.26 Å². The van der Waals surface area contributed by atoms with Crippen molar-refractivity contribution in [1.29, 1.82) is 5.26 Å². The summed E-state index contributed by atoms with van der Waals surface area (Å²) in [5.41, 5.74) is 2.24. The van der Waals surface area contributed by atoms with Crippen LogP contribution in [-0.4, -0.2) is 66.6 Å². The molecular weight excluding hydrogens is 536 g/mol. The number of piperazine rings is 1. The van der Waals surface area contributed by atoms with Gasteiger partial charge in [0.2, 0.25) is 27.8 Å². The zero-order chi connectivity index (χ0) is 28.4. The van der Waals surface area contributed by atoms with Gasteiger partial charge in [0, 0.05) is 43.1 Å². The third-order valence-electron chi connectivity index (χ3n) is 6.38. The molecule has 3 heterocycles. The molecule has 0 bridgehead atoms. The smallest absolute Gasteiger partial charge is 0.255 e. The average Bonchev–Trinajstić information content (AvgIpc) is 3.08. The summed E-state index contributed by atoms with van der Waals surface area (Å²) in [7, 11) is -3.78. The van der Waals surface area contributed by atoms with Crippen molar-refractivity contribution in [2.75, 3.05) is 47.0 Å². The van der Waals surface area contributed by atoms with Crippen molar-refractivity contribution in [3.8, 4) is 6.07 Å². The Morgan fingerprint density at radius 1 is 0.950 bits per heavy atom. The van der Waals surface area contributed by atoms with Crippen LogP contribution in [0.5, 0.6) is 0 Å². The number of amides is 3. The topological polar surface area (TPSA) is 177 Å². The van der Waals surface area contributed by atoms with E-state index in [9.17, 15) is 22.8 Å². The maximum absolute atomic E-state index is 13.2. The van der Waals surface area contributed by atoms with Gasteiger partial charge in [-0.2, -0.15) is 9.57 Å². The SMILES string of the molecule is Cc1cc(C#N)nc(N2CCN(S(=O)(=O)c3ccc(NC(=O)c4ccc5c(c4)NC(=O)CC(=O)N5)cc3)CC2)n1. The van der Waals surface area contributed by atoms with Crippen LogP contribution in [-0.2, 0) is 19.6 Å². The average molecular weight is 561 g/mol. The molecule has 0 aliphatic carbocycles. The summed E-state index contributed by atoms with van der Waals surface area (Å²) in [5.74, 6) is -1.00. The summed E-state index contributed by atoms with van der Waals surface area (Å²) in [5, 5.41) is 17.1. The summed E-state index contributed by atoms with van der Waals surface area (Å²) in [4.78, 5) is 46.9. The number of fused-ring (bicyclic) bond motifs is 1. The van der Waals surface area contributed by atoms with Crippen molar-refractivity contribution in [2.45, 2.75) is 18.2 Å². The molecule has 2 aliphatic heterocycles. The van der Waals surface area contributed by atoms with Crippen molar-refractivity contribution in [2.24, 2.45) is 0 Å². The van der Waals surface area contributed by atoms with Gasteiger partial charge in [-0.3, -0.25) is 14.4 Å². The van der Waals surface area contributed by atoms with E-state index in [1.54, 1.807) is 13.0 Å². The third kappa shape index (κ3) is 5.60. The van der Waals surface area contributed by atoms with Crippen LogP contribution in [0.25, 0.3) is 0 Å². The quantitative estimate of drug-likeness (QED) is 0.392. The fraction of sp³-hybridized carbons (Fsp3) is 0.231.